The molecule has 0 aromatic rings. The van der Waals surface area contributed by atoms with Crippen molar-refractivity contribution >= 4 is 5.91 Å². The molecule has 0 aliphatic heterocycles. The van der Waals surface area contributed by atoms with Gasteiger partial charge in [0.2, 0.25) is 5.91 Å². The minimum absolute atomic E-state index is 0.143. The number of amides is 1. The second-order valence-electron chi connectivity index (χ2n) is 7.03. The van der Waals surface area contributed by atoms with Crippen LogP contribution in [0.15, 0.2) is 0 Å². The van der Waals surface area contributed by atoms with Gasteiger partial charge >= 0.3 is 0 Å². The molecule has 122 valence electrons. The number of hydrogen-bond donors (Lipinski definition) is 2. The molecule has 3 N–H and O–H groups in total. The van der Waals surface area contributed by atoms with Crippen LogP contribution in [0.25, 0.3) is 0 Å². The van der Waals surface area contributed by atoms with Crippen LogP contribution in [0.3, 0.4) is 0 Å². The Labute approximate surface area is 129 Å². The Balaban J connectivity index is 1.98. The van der Waals surface area contributed by atoms with Crippen LogP contribution in [0.2, 0.25) is 0 Å². The van der Waals surface area contributed by atoms with E-state index in [1.54, 1.807) is 0 Å². The normalized spacial score (nSPS) is 29.5. The largest absolute Gasteiger partial charge is 0.368 e. The van der Waals surface area contributed by atoms with Gasteiger partial charge < -0.3 is 16.0 Å². The summed E-state index contributed by atoms with van der Waals surface area (Å²) in [5.41, 5.74) is 5.31. The summed E-state index contributed by atoms with van der Waals surface area (Å²) in [5.74, 6) is 0.625. The van der Waals surface area contributed by atoms with Crippen LogP contribution in [-0.4, -0.2) is 41.5 Å². The van der Waals surface area contributed by atoms with Crippen molar-refractivity contribution < 1.29 is 4.79 Å². The Morgan fingerprint density at radius 3 is 2.43 bits per heavy atom. The zero-order valence-corrected chi connectivity index (χ0v) is 14.0. The first-order valence-corrected chi connectivity index (χ1v) is 8.86. The van der Waals surface area contributed by atoms with Gasteiger partial charge in [0.1, 0.15) is 0 Å². The highest BCUT2D eigenvalue weighted by Crippen LogP contribution is 2.36. The van der Waals surface area contributed by atoms with E-state index in [4.69, 9.17) is 5.73 Å². The van der Waals surface area contributed by atoms with Crippen molar-refractivity contribution in [2.24, 2.45) is 11.7 Å². The molecular weight excluding hydrogens is 262 g/mol. The van der Waals surface area contributed by atoms with Crippen LogP contribution in [0.1, 0.15) is 65.7 Å². The van der Waals surface area contributed by atoms with Crippen molar-refractivity contribution in [1.29, 1.82) is 0 Å². The van der Waals surface area contributed by atoms with E-state index in [0.717, 1.165) is 38.3 Å². The third-order valence-electron chi connectivity index (χ3n) is 5.59. The second kappa shape index (κ2) is 7.10. The summed E-state index contributed by atoms with van der Waals surface area (Å²) in [6, 6.07) is 1.04. The van der Waals surface area contributed by atoms with Crippen molar-refractivity contribution in [3.8, 4) is 0 Å². The fourth-order valence-electron chi connectivity index (χ4n) is 3.79. The van der Waals surface area contributed by atoms with E-state index >= 15 is 0 Å². The van der Waals surface area contributed by atoms with E-state index in [9.17, 15) is 4.79 Å². The van der Waals surface area contributed by atoms with Gasteiger partial charge in [-0.3, -0.25) is 4.79 Å². The van der Waals surface area contributed by atoms with Crippen LogP contribution in [0.4, 0.5) is 0 Å². The van der Waals surface area contributed by atoms with Gasteiger partial charge in [-0.25, -0.2) is 0 Å². The first-order valence-electron chi connectivity index (χ1n) is 8.86. The van der Waals surface area contributed by atoms with E-state index in [1.807, 2.05) is 0 Å². The molecule has 0 aromatic heterocycles. The van der Waals surface area contributed by atoms with Crippen molar-refractivity contribution in [2.45, 2.75) is 83.3 Å². The summed E-state index contributed by atoms with van der Waals surface area (Å²) in [7, 11) is 0. The minimum atomic E-state index is -0.437. The molecule has 2 saturated carbocycles. The summed E-state index contributed by atoms with van der Waals surface area (Å²) in [4.78, 5) is 14.6. The predicted molar refractivity (Wildman–Crippen MR) is 87.0 cm³/mol. The molecule has 2 fully saturated rings. The highest BCUT2D eigenvalue weighted by atomic mass is 16.1. The average molecular weight is 295 g/mol. The average Bonchev–Trinajstić information content (AvgIpc) is 3.18. The van der Waals surface area contributed by atoms with Crippen LogP contribution in [0, 0.1) is 5.92 Å². The molecule has 0 heterocycles. The molecule has 2 unspecified atom stereocenters. The molecule has 0 radical (unpaired) electrons. The number of nitrogens with two attached hydrogens (primary N) is 1. The minimum Gasteiger partial charge on any atom is -0.368 e. The monoisotopic (exact) mass is 295 g/mol. The van der Waals surface area contributed by atoms with Crippen LogP contribution < -0.4 is 11.1 Å². The van der Waals surface area contributed by atoms with Crippen LogP contribution in [0.5, 0.6) is 0 Å². The maximum Gasteiger partial charge on any atom is 0.237 e. The van der Waals surface area contributed by atoms with Gasteiger partial charge in [0.15, 0.2) is 0 Å². The predicted octanol–water partition coefficient (Wildman–Crippen LogP) is 2.27. The number of nitrogens with zero attached hydrogens (tertiary/aromatic N) is 1. The zero-order valence-electron chi connectivity index (χ0n) is 14.0. The lowest BCUT2D eigenvalue weighted by atomic mass is 9.95. The van der Waals surface area contributed by atoms with E-state index in [1.165, 1.54) is 25.7 Å². The van der Waals surface area contributed by atoms with E-state index in [-0.39, 0.29) is 5.91 Å². The SMILES string of the molecule is CCC(CC)CN(CC)C1CCC(NC2CC2)(C(N)=O)C1. The molecule has 21 heavy (non-hydrogen) atoms. The van der Waals surface area contributed by atoms with Gasteiger partial charge in [-0.1, -0.05) is 33.6 Å². The Bertz CT molecular complexity index is 352. The summed E-state index contributed by atoms with van der Waals surface area (Å²) >= 11 is 0. The lowest BCUT2D eigenvalue weighted by Gasteiger charge is -2.33. The Hall–Kier alpha value is -0.610. The first kappa shape index (κ1) is 16.8. The Morgan fingerprint density at radius 2 is 1.95 bits per heavy atom. The maximum atomic E-state index is 12.0. The van der Waals surface area contributed by atoms with Crippen LogP contribution >= 0.6 is 0 Å². The highest BCUT2D eigenvalue weighted by Gasteiger charge is 2.47. The van der Waals surface area contributed by atoms with Gasteiger partial charge in [-0.2, -0.15) is 0 Å². The fraction of sp³-hybridized carbons (Fsp3) is 0.941. The van der Waals surface area contributed by atoms with E-state index in [0.29, 0.717) is 12.1 Å². The van der Waals surface area contributed by atoms with Gasteiger partial charge in [-0.15, -0.1) is 0 Å². The molecule has 0 aromatic carbocycles. The smallest absolute Gasteiger partial charge is 0.237 e. The van der Waals surface area contributed by atoms with Crippen molar-refractivity contribution in [3.05, 3.63) is 0 Å². The summed E-state index contributed by atoms with van der Waals surface area (Å²) in [5, 5.41) is 3.55. The van der Waals surface area contributed by atoms with Crippen LogP contribution in [-0.2, 0) is 4.79 Å². The molecule has 2 aliphatic carbocycles. The number of carbonyl (C=O) groups is 1. The van der Waals surface area contributed by atoms with E-state index in [2.05, 4.69) is 31.0 Å². The number of hydrogen-bond acceptors (Lipinski definition) is 3. The quantitative estimate of drug-likeness (QED) is 0.686. The number of primary amides is 1. The van der Waals surface area contributed by atoms with Gasteiger partial charge in [0.05, 0.1) is 5.54 Å². The molecule has 4 nitrogen and oxygen atoms in total. The summed E-state index contributed by atoms with van der Waals surface area (Å²) in [6.07, 6.45) is 7.77. The highest BCUT2D eigenvalue weighted by molar-refractivity contribution is 5.85. The Morgan fingerprint density at radius 1 is 1.29 bits per heavy atom. The number of carbonyl (C=O) groups excluding carboxylic acids is 1. The standard InChI is InChI=1S/C17H33N3O/c1-4-13(5-2)12-20(6-3)15-9-10-17(11-15,16(18)21)19-14-7-8-14/h13-15,19H,4-12H2,1-3H3,(H2,18,21). The molecule has 0 spiro atoms. The van der Waals surface area contributed by atoms with E-state index < -0.39 is 5.54 Å². The lowest BCUT2D eigenvalue weighted by Crippen LogP contribution is -2.55. The topological polar surface area (TPSA) is 58.4 Å². The first-order chi connectivity index (χ1) is 10.0. The van der Waals surface area contributed by atoms with Gasteiger partial charge in [0.25, 0.3) is 0 Å². The fourth-order valence-corrected chi connectivity index (χ4v) is 3.79. The summed E-state index contributed by atoms with van der Waals surface area (Å²) in [6.45, 7) is 9.02. The van der Waals surface area contributed by atoms with Crippen molar-refractivity contribution in [2.75, 3.05) is 13.1 Å². The molecule has 2 aliphatic rings. The molecule has 2 atom stereocenters. The molecule has 2 rings (SSSR count). The van der Waals surface area contributed by atoms with Crippen molar-refractivity contribution in [3.63, 3.8) is 0 Å². The summed E-state index contributed by atoms with van der Waals surface area (Å²) < 4.78 is 0. The second-order valence-corrected chi connectivity index (χ2v) is 7.03. The molecule has 4 heteroatoms. The molecule has 1 amide bonds. The third kappa shape index (κ3) is 3.98. The van der Waals surface area contributed by atoms with Gasteiger partial charge in [0, 0.05) is 18.6 Å². The maximum absolute atomic E-state index is 12.0. The lowest BCUT2D eigenvalue weighted by molar-refractivity contribution is -0.124. The van der Waals surface area contributed by atoms with Gasteiger partial charge in [-0.05, 0) is 44.6 Å². The third-order valence-corrected chi connectivity index (χ3v) is 5.59. The number of nitrogens with one attached hydrogen (secondary N) is 1. The Kier molecular flexibility index (Phi) is 5.67. The molecule has 0 saturated heterocycles. The zero-order chi connectivity index (χ0) is 15.5. The molecular formula is C17H33N3O. The number of rotatable bonds is 9. The van der Waals surface area contributed by atoms with Crippen molar-refractivity contribution in [1.82, 2.24) is 10.2 Å². The molecule has 0 bridgehead atoms.